The van der Waals surface area contributed by atoms with Crippen molar-refractivity contribution in [1.29, 1.82) is 0 Å². The van der Waals surface area contributed by atoms with E-state index < -0.39 is 0 Å². The first-order valence-corrected chi connectivity index (χ1v) is 7.64. The van der Waals surface area contributed by atoms with E-state index in [1.165, 1.54) is 19.3 Å². The lowest BCUT2D eigenvalue weighted by molar-refractivity contribution is 0.335. The van der Waals surface area contributed by atoms with Crippen LogP contribution in [-0.2, 0) is 0 Å². The Morgan fingerprint density at radius 2 is 2.20 bits per heavy atom. The van der Waals surface area contributed by atoms with Crippen molar-refractivity contribution in [3.05, 3.63) is 35.5 Å². The summed E-state index contributed by atoms with van der Waals surface area (Å²) in [7, 11) is 0. The molecule has 1 aromatic heterocycles. The van der Waals surface area contributed by atoms with Crippen molar-refractivity contribution < 1.29 is 0 Å². The molecule has 20 heavy (non-hydrogen) atoms. The maximum Gasteiger partial charge on any atom is 0.0737 e. The number of nitrogens with zero attached hydrogens (tertiary/aromatic N) is 1. The first kappa shape index (κ1) is 13.7. The molecule has 2 atom stereocenters. The molecule has 1 saturated carbocycles. The van der Waals surface area contributed by atoms with Crippen molar-refractivity contribution >= 4 is 28.2 Å². The van der Waals surface area contributed by atoms with Crippen molar-refractivity contribution in [1.82, 2.24) is 4.98 Å². The molecule has 0 bridgehead atoms. The number of pyridine rings is 1. The van der Waals surface area contributed by atoms with Gasteiger partial charge in [0.05, 0.1) is 5.52 Å². The number of fused-ring (bicyclic) bond motifs is 1. The molecule has 1 aromatic carbocycles. The molecular weight excluding hydrogens is 270 g/mol. The van der Waals surface area contributed by atoms with Gasteiger partial charge in [0.2, 0.25) is 0 Å². The van der Waals surface area contributed by atoms with Crippen LogP contribution in [0.4, 0.5) is 5.69 Å². The third-order valence-electron chi connectivity index (χ3n) is 4.11. The number of benzene rings is 1. The average molecular weight is 290 g/mol. The van der Waals surface area contributed by atoms with E-state index in [9.17, 15) is 0 Å². The smallest absolute Gasteiger partial charge is 0.0737 e. The number of hydrogen-bond donors (Lipinski definition) is 2. The van der Waals surface area contributed by atoms with E-state index in [1.807, 2.05) is 30.5 Å². The van der Waals surface area contributed by atoms with Crippen LogP contribution < -0.4 is 11.1 Å². The van der Waals surface area contributed by atoms with E-state index in [0.717, 1.165) is 34.6 Å². The summed E-state index contributed by atoms with van der Waals surface area (Å²) in [6.07, 6.45) is 6.65. The van der Waals surface area contributed by atoms with Crippen LogP contribution in [0, 0.1) is 5.92 Å². The highest BCUT2D eigenvalue weighted by Gasteiger charge is 2.19. The SMILES string of the molecule is NC1CCCC(CNc2ccnc3cc(Cl)ccc23)C1. The highest BCUT2D eigenvalue weighted by molar-refractivity contribution is 6.31. The fourth-order valence-corrected chi connectivity index (χ4v) is 3.21. The van der Waals surface area contributed by atoms with Gasteiger partial charge in [0.25, 0.3) is 0 Å². The maximum atomic E-state index is 6.05. The molecule has 3 N–H and O–H groups in total. The van der Waals surface area contributed by atoms with Crippen LogP contribution in [0.3, 0.4) is 0 Å². The van der Waals surface area contributed by atoms with E-state index in [1.54, 1.807) is 0 Å². The zero-order valence-corrected chi connectivity index (χ0v) is 12.2. The van der Waals surface area contributed by atoms with E-state index >= 15 is 0 Å². The molecule has 106 valence electrons. The van der Waals surface area contributed by atoms with Gasteiger partial charge < -0.3 is 11.1 Å². The molecule has 0 aliphatic heterocycles. The summed E-state index contributed by atoms with van der Waals surface area (Å²) in [6, 6.07) is 8.24. The highest BCUT2D eigenvalue weighted by atomic mass is 35.5. The third-order valence-corrected chi connectivity index (χ3v) is 4.34. The van der Waals surface area contributed by atoms with Gasteiger partial charge in [0, 0.05) is 34.9 Å². The molecule has 3 rings (SSSR count). The molecule has 1 fully saturated rings. The molecule has 4 heteroatoms. The largest absolute Gasteiger partial charge is 0.384 e. The topological polar surface area (TPSA) is 50.9 Å². The summed E-state index contributed by atoms with van der Waals surface area (Å²) < 4.78 is 0. The average Bonchev–Trinajstić information content (AvgIpc) is 2.44. The van der Waals surface area contributed by atoms with Gasteiger partial charge >= 0.3 is 0 Å². The molecule has 1 aliphatic rings. The number of hydrogen-bond acceptors (Lipinski definition) is 3. The molecule has 2 aromatic rings. The monoisotopic (exact) mass is 289 g/mol. The number of anilines is 1. The van der Waals surface area contributed by atoms with Crippen molar-refractivity contribution in [2.45, 2.75) is 31.7 Å². The molecule has 2 unspecified atom stereocenters. The van der Waals surface area contributed by atoms with E-state index in [2.05, 4.69) is 10.3 Å². The molecule has 1 heterocycles. The molecule has 0 radical (unpaired) electrons. The second-order valence-corrected chi connectivity index (χ2v) is 6.13. The summed E-state index contributed by atoms with van der Waals surface area (Å²) in [5.74, 6) is 0.675. The van der Waals surface area contributed by atoms with E-state index in [4.69, 9.17) is 17.3 Å². The zero-order valence-electron chi connectivity index (χ0n) is 11.5. The summed E-state index contributed by atoms with van der Waals surface area (Å²) in [5, 5.41) is 5.40. The van der Waals surface area contributed by atoms with E-state index in [0.29, 0.717) is 12.0 Å². The van der Waals surface area contributed by atoms with Gasteiger partial charge in [-0.3, -0.25) is 4.98 Å². The first-order valence-electron chi connectivity index (χ1n) is 7.26. The predicted octanol–water partition coefficient (Wildman–Crippen LogP) is 3.82. The van der Waals surface area contributed by atoms with Gasteiger partial charge in [-0.2, -0.15) is 0 Å². The van der Waals surface area contributed by atoms with Crippen molar-refractivity contribution in [2.24, 2.45) is 11.7 Å². The minimum absolute atomic E-state index is 0.378. The number of nitrogens with two attached hydrogens (primary N) is 1. The van der Waals surface area contributed by atoms with Crippen molar-refractivity contribution in [2.75, 3.05) is 11.9 Å². The second kappa shape index (κ2) is 5.98. The predicted molar refractivity (Wildman–Crippen MR) is 85.2 cm³/mol. The normalized spacial score (nSPS) is 22.9. The quantitative estimate of drug-likeness (QED) is 0.903. The number of nitrogens with one attached hydrogen (secondary N) is 1. The lowest BCUT2D eigenvalue weighted by atomic mass is 9.86. The van der Waals surface area contributed by atoms with Crippen molar-refractivity contribution in [3.8, 4) is 0 Å². The van der Waals surface area contributed by atoms with Crippen LogP contribution in [0.2, 0.25) is 5.02 Å². The zero-order chi connectivity index (χ0) is 13.9. The van der Waals surface area contributed by atoms with Crippen LogP contribution in [-0.4, -0.2) is 17.6 Å². The Hall–Kier alpha value is -1.32. The fraction of sp³-hybridized carbons (Fsp3) is 0.438. The Morgan fingerprint density at radius 1 is 1.30 bits per heavy atom. The maximum absolute atomic E-state index is 6.05. The van der Waals surface area contributed by atoms with Crippen LogP contribution in [0.15, 0.2) is 30.5 Å². The molecule has 0 spiro atoms. The lowest BCUT2D eigenvalue weighted by Crippen LogP contribution is -2.30. The number of aromatic nitrogens is 1. The Labute approximate surface area is 124 Å². The van der Waals surface area contributed by atoms with Crippen LogP contribution in [0.5, 0.6) is 0 Å². The number of rotatable bonds is 3. The lowest BCUT2D eigenvalue weighted by Gasteiger charge is -2.27. The van der Waals surface area contributed by atoms with Crippen LogP contribution in [0.25, 0.3) is 10.9 Å². The van der Waals surface area contributed by atoms with E-state index in [-0.39, 0.29) is 0 Å². The summed E-state index contributed by atoms with van der Waals surface area (Å²) >= 11 is 6.01. The molecule has 1 aliphatic carbocycles. The van der Waals surface area contributed by atoms with Gasteiger partial charge in [-0.1, -0.05) is 18.0 Å². The molecule has 0 amide bonds. The third kappa shape index (κ3) is 3.05. The standard InChI is InChI=1S/C16H20ClN3/c17-12-4-5-14-15(6-7-19-16(14)9-12)20-10-11-2-1-3-13(18)8-11/h4-7,9,11,13H,1-3,8,10,18H2,(H,19,20). The minimum Gasteiger partial charge on any atom is -0.384 e. The Bertz CT molecular complexity index is 599. The summed E-state index contributed by atoms with van der Waals surface area (Å²) in [6.45, 7) is 0.982. The molecule has 0 saturated heterocycles. The fourth-order valence-electron chi connectivity index (χ4n) is 3.05. The van der Waals surface area contributed by atoms with Gasteiger partial charge in [-0.05, 0) is 49.4 Å². The highest BCUT2D eigenvalue weighted by Crippen LogP contribution is 2.27. The Morgan fingerprint density at radius 3 is 3.05 bits per heavy atom. The Balaban J connectivity index is 1.74. The first-order chi connectivity index (χ1) is 9.72. The van der Waals surface area contributed by atoms with Crippen LogP contribution >= 0.6 is 11.6 Å². The van der Waals surface area contributed by atoms with Crippen molar-refractivity contribution in [3.63, 3.8) is 0 Å². The number of halogens is 1. The van der Waals surface area contributed by atoms with Crippen LogP contribution in [0.1, 0.15) is 25.7 Å². The molecular formula is C16H20ClN3. The minimum atomic E-state index is 0.378. The van der Waals surface area contributed by atoms with Gasteiger partial charge in [-0.25, -0.2) is 0 Å². The van der Waals surface area contributed by atoms with Gasteiger partial charge in [0.15, 0.2) is 0 Å². The van der Waals surface area contributed by atoms with Gasteiger partial charge in [0.1, 0.15) is 0 Å². The summed E-state index contributed by atoms with van der Waals surface area (Å²) in [5.41, 5.74) is 8.11. The molecule has 3 nitrogen and oxygen atoms in total. The second-order valence-electron chi connectivity index (χ2n) is 5.69. The Kier molecular flexibility index (Phi) is 4.08. The summed E-state index contributed by atoms with van der Waals surface area (Å²) in [4.78, 5) is 4.37. The van der Waals surface area contributed by atoms with Gasteiger partial charge in [-0.15, -0.1) is 0 Å².